The van der Waals surface area contributed by atoms with Gasteiger partial charge in [-0.3, -0.25) is 4.79 Å². The highest BCUT2D eigenvalue weighted by Crippen LogP contribution is 2.21. The molecule has 0 aliphatic heterocycles. The zero-order valence-electron chi connectivity index (χ0n) is 11.1. The summed E-state index contributed by atoms with van der Waals surface area (Å²) in [5.41, 5.74) is 0. The van der Waals surface area contributed by atoms with E-state index < -0.39 is 0 Å². The average Bonchev–Trinajstić information content (AvgIpc) is 2.98. The Labute approximate surface area is 121 Å². The number of aromatic nitrogens is 2. The Morgan fingerprint density at radius 1 is 1.50 bits per heavy atom. The maximum atomic E-state index is 13.4. The molecule has 2 aromatic rings. The van der Waals surface area contributed by atoms with E-state index in [0.717, 1.165) is 12.2 Å². The Morgan fingerprint density at radius 3 is 2.95 bits per heavy atom. The Kier molecular flexibility index (Phi) is 5.17. The van der Waals surface area contributed by atoms with Gasteiger partial charge in [0.25, 0.3) is 0 Å². The number of thioether (sulfide) groups is 1. The summed E-state index contributed by atoms with van der Waals surface area (Å²) in [5, 5.41) is 2.88. The molecular formula is C14H16FN3OS. The van der Waals surface area contributed by atoms with Crippen LogP contribution in [0.25, 0.3) is 0 Å². The third-order valence-electron chi connectivity index (χ3n) is 2.79. The number of halogens is 1. The highest BCUT2D eigenvalue weighted by molar-refractivity contribution is 8.00. The lowest BCUT2D eigenvalue weighted by Crippen LogP contribution is -2.30. The number of nitrogens with zero attached hydrogens (tertiary/aromatic N) is 1. The average molecular weight is 293 g/mol. The minimum absolute atomic E-state index is 0.137. The number of rotatable bonds is 6. The summed E-state index contributed by atoms with van der Waals surface area (Å²) in [7, 11) is 0. The second-order valence-corrected chi connectivity index (χ2v) is 5.24. The van der Waals surface area contributed by atoms with Crippen molar-refractivity contribution in [1.29, 1.82) is 0 Å². The quantitative estimate of drug-likeness (QED) is 0.805. The first kappa shape index (κ1) is 14.6. The predicted molar refractivity (Wildman–Crippen MR) is 76.9 cm³/mol. The van der Waals surface area contributed by atoms with Crippen molar-refractivity contribution in [1.82, 2.24) is 15.3 Å². The van der Waals surface area contributed by atoms with E-state index in [0.29, 0.717) is 4.90 Å². The van der Waals surface area contributed by atoms with Gasteiger partial charge in [0.15, 0.2) is 0 Å². The highest BCUT2D eigenvalue weighted by Gasteiger charge is 2.15. The van der Waals surface area contributed by atoms with Gasteiger partial charge in [0.05, 0.1) is 11.8 Å². The maximum absolute atomic E-state index is 13.4. The summed E-state index contributed by atoms with van der Waals surface area (Å²) in [6.45, 7) is 1.97. The van der Waals surface area contributed by atoms with E-state index in [2.05, 4.69) is 15.3 Å². The van der Waals surface area contributed by atoms with Crippen LogP contribution in [-0.2, 0) is 4.79 Å². The van der Waals surface area contributed by atoms with E-state index in [-0.39, 0.29) is 23.5 Å². The van der Waals surface area contributed by atoms with Crippen LogP contribution in [0.5, 0.6) is 0 Å². The molecule has 1 amide bonds. The summed E-state index contributed by atoms with van der Waals surface area (Å²) in [5.74, 6) is 0.472. The fourth-order valence-electron chi connectivity index (χ4n) is 1.77. The molecule has 4 nitrogen and oxygen atoms in total. The van der Waals surface area contributed by atoms with Crippen molar-refractivity contribution >= 4 is 17.7 Å². The third-order valence-corrected chi connectivity index (χ3v) is 3.84. The number of carbonyl (C=O) groups is 1. The molecule has 20 heavy (non-hydrogen) atoms. The smallest absolute Gasteiger partial charge is 0.230 e. The summed E-state index contributed by atoms with van der Waals surface area (Å²) in [6.07, 6.45) is 4.11. The normalized spacial score (nSPS) is 12.1. The van der Waals surface area contributed by atoms with Crippen molar-refractivity contribution in [2.24, 2.45) is 0 Å². The fraction of sp³-hybridized carbons (Fsp3) is 0.286. The lowest BCUT2D eigenvalue weighted by molar-refractivity contribution is -0.119. The van der Waals surface area contributed by atoms with Crippen molar-refractivity contribution < 1.29 is 9.18 Å². The van der Waals surface area contributed by atoms with Gasteiger partial charge < -0.3 is 10.3 Å². The van der Waals surface area contributed by atoms with Gasteiger partial charge in [0.1, 0.15) is 11.6 Å². The van der Waals surface area contributed by atoms with Crippen LogP contribution in [0.1, 0.15) is 25.2 Å². The number of carbonyl (C=O) groups excluding carboxylic acids is 1. The van der Waals surface area contributed by atoms with Gasteiger partial charge in [-0.05, 0) is 18.6 Å². The Balaban J connectivity index is 1.88. The Bertz CT molecular complexity index is 559. The number of imidazole rings is 1. The monoisotopic (exact) mass is 293 g/mol. The molecule has 0 aliphatic rings. The van der Waals surface area contributed by atoms with Gasteiger partial charge in [-0.1, -0.05) is 19.1 Å². The highest BCUT2D eigenvalue weighted by atomic mass is 32.2. The first-order valence-corrected chi connectivity index (χ1v) is 7.35. The molecule has 1 aromatic carbocycles. The number of H-pyrrole nitrogens is 1. The number of benzene rings is 1. The molecule has 106 valence electrons. The molecule has 2 N–H and O–H groups in total. The van der Waals surface area contributed by atoms with Crippen LogP contribution >= 0.6 is 11.8 Å². The van der Waals surface area contributed by atoms with Crippen molar-refractivity contribution in [3.8, 4) is 0 Å². The zero-order valence-corrected chi connectivity index (χ0v) is 11.9. The number of hydrogen-bond acceptors (Lipinski definition) is 3. The van der Waals surface area contributed by atoms with E-state index in [1.807, 2.05) is 6.92 Å². The molecule has 0 saturated heterocycles. The molecule has 0 bridgehead atoms. The van der Waals surface area contributed by atoms with Crippen LogP contribution < -0.4 is 5.32 Å². The van der Waals surface area contributed by atoms with E-state index in [4.69, 9.17) is 0 Å². The standard InChI is InChI=1S/C14H16FN3OS/c1-2-11(14-16-7-8-17-14)18-13(19)9-20-12-6-4-3-5-10(12)15/h3-8,11H,2,9H2,1H3,(H,16,17)(H,18,19). The molecule has 0 spiro atoms. The van der Waals surface area contributed by atoms with Crippen molar-refractivity contribution in [2.45, 2.75) is 24.3 Å². The minimum atomic E-state index is -0.302. The Hall–Kier alpha value is -1.82. The lowest BCUT2D eigenvalue weighted by atomic mass is 10.2. The van der Waals surface area contributed by atoms with Crippen LogP contribution in [0.15, 0.2) is 41.6 Å². The number of aromatic amines is 1. The SMILES string of the molecule is CCC(NC(=O)CSc1ccccc1F)c1ncc[nH]1. The van der Waals surface area contributed by atoms with Crippen molar-refractivity contribution in [2.75, 3.05) is 5.75 Å². The molecule has 6 heteroatoms. The van der Waals surface area contributed by atoms with Gasteiger partial charge in [0, 0.05) is 17.3 Å². The topological polar surface area (TPSA) is 57.8 Å². The van der Waals surface area contributed by atoms with Gasteiger partial charge in [-0.15, -0.1) is 11.8 Å². The number of amides is 1. The summed E-state index contributed by atoms with van der Waals surface area (Å²) < 4.78 is 13.4. The minimum Gasteiger partial charge on any atom is -0.347 e. The van der Waals surface area contributed by atoms with Crippen LogP contribution in [0.3, 0.4) is 0 Å². The molecule has 0 aliphatic carbocycles. The second-order valence-electron chi connectivity index (χ2n) is 4.22. The van der Waals surface area contributed by atoms with Gasteiger partial charge in [-0.25, -0.2) is 9.37 Å². The van der Waals surface area contributed by atoms with E-state index >= 15 is 0 Å². The summed E-state index contributed by atoms with van der Waals surface area (Å²) in [4.78, 5) is 19.5. The molecule has 1 heterocycles. The lowest BCUT2D eigenvalue weighted by Gasteiger charge is -2.14. The van der Waals surface area contributed by atoms with Crippen molar-refractivity contribution in [3.05, 3.63) is 48.3 Å². The van der Waals surface area contributed by atoms with E-state index in [9.17, 15) is 9.18 Å². The molecule has 1 unspecified atom stereocenters. The maximum Gasteiger partial charge on any atom is 0.230 e. The van der Waals surface area contributed by atoms with Gasteiger partial charge >= 0.3 is 0 Å². The molecule has 0 fully saturated rings. The van der Waals surface area contributed by atoms with Gasteiger partial charge in [0.2, 0.25) is 5.91 Å². The molecule has 1 atom stereocenters. The first-order valence-electron chi connectivity index (χ1n) is 6.36. The van der Waals surface area contributed by atoms with Gasteiger partial charge in [-0.2, -0.15) is 0 Å². The largest absolute Gasteiger partial charge is 0.347 e. The van der Waals surface area contributed by atoms with E-state index in [1.54, 1.807) is 30.6 Å². The van der Waals surface area contributed by atoms with E-state index in [1.165, 1.54) is 17.8 Å². The second kappa shape index (κ2) is 7.09. The number of hydrogen-bond donors (Lipinski definition) is 2. The first-order chi connectivity index (χ1) is 9.70. The molecule has 2 rings (SSSR count). The predicted octanol–water partition coefficient (Wildman–Crippen LogP) is 2.91. The van der Waals surface area contributed by atoms with Crippen LogP contribution in [0, 0.1) is 5.82 Å². The summed E-state index contributed by atoms with van der Waals surface area (Å²) in [6, 6.07) is 6.29. The number of nitrogens with one attached hydrogen (secondary N) is 2. The molecule has 0 saturated carbocycles. The molecule has 0 radical (unpaired) electrons. The molecular weight excluding hydrogens is 277 g/mol. The fourth-order valence-corrected chi connectivity index (χ4v) is 2.52. The van der Waals surface area contributed by atoms with Crippen LogP contribution in [-0.4, -0.2) is 21.6 Å². The van der Waals surface area contributed by atoms with Crippen LogP contribution in [0.2, 0.25) is 0 Å². The summed E-state index contributed by atoms with van der Waals surface area (Å²) >= 11 is 1.19. The van der Waals surface area contributed by atoms with Crippen LogP contribution in [0.4, 0.5) is 4.39 Å². The third kappa shape index (κ3) is 3.84. The zero-order chi connectivity index (χ0) is 14.4. The van der Waals surface area contributed by atoms with Crippen molar-refractivity contribution in [3.63, 3.8) is 0 Å². The molecule has 1 aromatic heterocycles. The Morgan fingerprint density at radius 2 is 2.30 bits per heavy atom.